The number of anilines is 1. The molecule has 246 valence electrons. The van der Waals surface area contributed by atoms with Gasteiger partial charge in [-0.3, -0.25) is 0 Å². The standard InChI is InChI=1S/C45H47N3O/c1-5-8-14-30-20-21-32-29-37-36(28-33(32)27-30)39-19-11-12-25-47(39)45(7-3,44(37,4)6-2)24-22-40-34-17-13-15-31-23-26-46-38-18-10-9-16-35(38)43(49)48(40)42(46)41(31)34/h9-13,15-21,23,25-29,40,43,49H,5-8,14,22,24H2,1-4H3/q+2. The number of unbranched alkanes of at least 4 members (excludes halogenated alkanes) is 1. The zero-order valence-electron chi connectivity index (χ0n) is 29.3. The highest BCUT2D eigenvalue weighted by molar-refractivity contribution is 5.98. The van der Waals surface area contributed by atoms with Crippen molar-refractivity contribution in [2.75, 3.05) is 4.90 Å². The van der Waals surface area contributed by atoms with E-state index in [1.807, 2.05) is 6.07 Å². The monoisotopic (exact) mass is 645 g/mol. The van der Waals surface area contributed by atoms with Gasteiger partial charge in [0.15, 0.2) is 11.7 Å². The Bertz CT molecular complexity index is 2270. The van der Waals surface area contributed by atoms with Crippen LogP contribution in [0, 0.1) is 0 Å². The van der Waals surface area contributed by atoms with Gasteiger partial charge in [-0.05, 0) is 96.3 Å². The molecule has 0 aliphatic carbocycles. The molecule has 0 bridgehead atoms. The molecule has 0 amide bonds. The van der Waals surface area contributed by atoms with Gasteiger partial charge in [-0.2, -0.15) is 9.13 Å². The number of aliphatic hydroxyl groups excluding tert-OH is 1. The van der Waals surface area contributed by atoms with E-state index >= 15 is 0 Å². The lowest BCUT2D eigenvalue weighted by Gasteiger charge is -2.48. The number of rotatable bonds is 8. The van der Waals surface area contributed by atoms with E-state index in [0.29, 0.717) is 0 Å². The highest BCUT2D eigenvalue weighted by atomic mass is 16.3. The summed E-state index contributed by atoms with van der Waals surface area (Å²) in [5.41, 5.74) is 8.70. The van der Waals surface area contributed by atoms with Crippen LogP contribution in [0.2, 0.25) is 0 Å². The predicted molar refractivity (Wildman–Crippen MR) is 199 cm³/mol. The minimum atomic E-state index is -0.699. The smallest absolute Gasteiger partial charge is 0.293 e. The lowest BCUT2D eigenvalue weighted by Crippen LogP contribution is -2.69. The maximum Gasteiger partial charge on any atom is 0.293 e. The highest BCUT2D eigenvalue weighted by Gasteiger charge is 2.60. The van der Waals surface area contributed by atoms with Gasteiger partial charge in [-0.15, -0.1) is 0 Å². The lowest BCUT2D eigenvalue weighted by molar-refractivity contribution is -0.770. The van der Waals surface area contributed by atoms with Crippen LogP contribution >= 0.6 is 0 Å². The summed E-state index contributed by atoms with van der Waals surface area (Å²) in [6.45, 7) is 9.59. The summed E-state index contributed by atoms with van der Waals surface area (Å²) in [6.07, 6.45) is 11.4. The number of aliphatic hydroxyl groups is 1. The van der Waals surface area contributed by atoms with Gasteiger partial charge in [-0.1, -0.05) is 75.7 Å². The largest absolute Gasteiger partial charge is 0.352 e. The molecule has 3 aliphatic rings. The fourth-order valence-corrected chi connectivity index (χ4v) is 10.1. The van der Waals surface area contributed by atoms with Crippen LogP contribution in [-0.2, 0) is 17.4 Å². The molecular formula is C45H47N3O+2. The van der Waals surface area contributed by atoms with E-state index in [0.717, 1.165) is 49.2 Å². The molecule has 0 saturated heterocycles. The first-order valence-electron chi connectivity index (χ1n) is 18.6. The van der Waals surface area contributed by atoms with Crippen molar-refractivity contribution in [1.82, 2.24) is 0 Å². The van der Waals surface area contributed by atoms with Crippen molar-refractivity contribution in [3.8, 4) is 16.9 Å². The molecule has 0 saturated carbocycles. The number of nitrogens with zero attached hydrogens (tertiary/aromatic N) is 3. The van der Waals surface area contributed by atoms with Crippen LogP contribution in [0.5, 0.6) is 0 Å². The number of hydrogen-bond acceptors (Lipinski definition) is 2. The second-order valence-electron chi connectivity index (χ2n) is 14.9. The predicted octanol–water partition coefficient (Wildman–Crippen LogP) is 9.70. The molecule has 3 aliphatic heterocycles. The van der Waals surface area contributed by atoms with E-state index in [9.17, 15) is 5.11 Å². The summed E-state index contributed by atoms with van der Waals surface area (Å²) < 4.78 is 4.95. The molecule has 2 aromatic heterocycles. The van der Waals surface area contributed by atoms with E-state index in [4.69, 9.17) is 0 Å². The van der Waals surface area contributed by atoms with Gasteiger partial charge in [0.25, 0.3) is 5.82 Å². The highest BCUT2D eigenvalue weighted by Crippen LogP contribution is 2.56. The molecule has 4 heteroatoms. The molecule has 6 aromatic rings. The molecule has 0 spiro atoms. The van der Waals surface area contributed by atoms with Crippen LogP contribution in [-0.4, -0.2) is 5.11 Å². The second kappa shape index (κ2) is 11.2. The Kier molecular flexibility index (Phi) is 7.00. The van der Waals surface area contributed by atoms with Crippen molar-refractivity contribution >= 4 is 27.4 Å². The van der Waals surface area contributed by atoms with E-state index < -0.39 is 6.23 Å². The number of aryl methyl sites for hydroxylation is 1. The van der Waals surface area contributed by atoms with Crippen molar-refractivity contribution < 1.29 is 14.2 Å². The third-order valence-electron chi connectivity index (χ3n) is 12.9. The normalized spacial score (nSPS) is 23.1. The molecule has 5 heterocycles. The summed E-state index contributed by atoms with van der Waals surface area (Å²) in [7, 11) is 0. The van der Waals surface area contributed by atoms with Crippen molar-refractivity contribution in [3.63, 3.8) is 0 Å². The summed E-state index contributed by atoms with van der Waals surface area (Å²) >= 11 is 0. The third-order valence-corrected chi connectivity index (χ3v) is 12.9. The molecule has 1 N–H and O–H groups in total. The maximum absolute atomic E-state index is 12.1. The molecule has 4 nitrogen and oxygen atoms in total. The molecule has 0 fully saturated rings. The van der Waals surface area contributed by atoms with Crippen LogP contribution in [0.1, 0.15) is 101 Å². The van der Waals surface area contributed by atoms with E-state index in [-0.39, 0.29) is 17.0 Å². The molecule has 4 unspecified atom stereocenters. The number of hydrogen-bond donors (Lipinski definition) is 1. The van der Waals surface area contributed by atoms with Crippen LogP contribution in [0.15, 0.2) is 109 Å². The first-order chi connectivity index (χ1) is 23.9. The van der Waals surface area contributed by atoms with Gasteiger partial charge >= 0.3 is 0 Å². The van der Waals surface area contributed by atoms with E-state index in [1.54, 1.807) is 0 Å². The summed E-state index contributed by atoms with van der Waals surface area (Å²) in [5.74, 6) is 1.12. The van der Waals surface area contributed by atoms with Crippen LogP contribution in [0.3, 0.4) is 0 Å². The van der Waals surface area contributed by atoms with Gasteiger partial charge in [-0.25, -0.2) is 4.90 Å². The fraction of sp³-hybridized carbons (Fsp3) is 0.333. The maximum atomic E-state index is 12.1. The van der Waals surface area contributed by atoms with Gasteiger partial charge in [0, 0.05) is 30.5 Å². The summed E-state index contributed by atoms with van der Waals surface area (Å²) in [4.78, 5) is 2.32. The van der Waals surface area contributed by atoms with Crippen LogP contribution in [0.4, 0.5) is 5.82 Å². The number of pyridine rings is 2. The molecule has 9 rings (SSSR count). The lowest BCUT2D eigenvalue weighted by atomic mass is 9.58. The van der Waals surface area contributed by atoms with Gasteiger partial charge in [0.2, 0.25) is 11.9 Å². The topological polar surface area (TPSA) is 31.2 Å². The van der Waals surface area contributed by atoms with Crippen molar-refractivity contribution in [2.45, 2.75) is 95.9 Å². The van der Waals surface area contributed by atoms with Crippen molar-refractivity contribution in [2.24, 2.45) is 0 Å². The van der Waals surface area contributed by atoms with Crippen LogP contribution in [0.25, 0.3) is 38.5 Å². The zero-order valence-corrected chi connectivity index (χ0v) is 29.3. The molecule has 0 radical (unpaired) electrons. The molecule has 49 heavy (non-hydrogen) atoms. The average molecular weight is 646 g/mol. The molecule has 4 aromatic carbocycles. The van der Waals surface area contributed by atoms with Gasteiger partial charge in [0.1, 0.15) is 11.7 Å². The van der Waals surface area contributed by atoms with Crippen molar-refractivity contribution in [3.05, 3.63) is 132 Å². The second-order valence-corrected chi connectivity index (χ2v) is 14.9. The first-order valence-corrected chi connectivity index (χ1v) is 18.6. The average Bonchev–Trinajstić information content (AvgIpc) is 3.49. The SMILES string of the molecule is CCCCc1ccc2cc3c(cc2c1)-c1cccc[n+]1C(CC)(CCC1c2cccc4cc[n+]5c(c24)N1C(O)c1ccccc1-5)C3(C)CC. The van der Waals surface area contributed by atoms with Gasteiger partial charge < -0.3 is 5.11 Å². The number of aromatic nitrogens is 2. The molecular weight excluding hydrogens is 599 g/mol. The summed E-state index contributed by atoms with van der Waals surface area (Å²) in [5, 5.41) is 17.3. The molecule has 4 atom stereocenters. The minimum Gasteiger partial charge on any atom is -0.352 e. The Morgan fingerprint density at radius 2 is 1.61 bits per heavy atom. The summed E-state index contributed by atoms with van der Waals surface area (Å²) in [6, 6.07) is 36.3. The number of benzene rings is 4. The first kappa shape index (κ1) is 30.5. The van der Waals surface area contributed by atoms with Crippen molar-refractivity contribution in [1.29, 1.82) is 0 Å². The zero-order chi connectivity index (χ0) is 33.5. The number of para-hydroxylation sites is 1. The Hall–Kier alpha value is -4.54. The number of fused-ring (bicyclic) bond motifs is 6. The van der Waals surface area contributed by atoms with E-state index in [2.05, 4.69) is 145 Å². The quantitative estimate of drug-likeness (QED) is 0.167. The Balaban J connectivity index is 1.18. The van der Waals surface area contributed by atoms with Crippen LogP contribution < -0.4 is 14.0 Å². The Morgan fingerprint density at radius 1 is 0.776 bits per heavy atom. The Morgan fingerprint density at radius 3 is 2.45 bits per heavy atom. The third kappa shape index (κ3) is 4.13. The minimum absolute atomic E-state index is 0.0625. The Labute approximate surface area is 290 Å². The van der Waals surface area contributed by atoms with E-state index in [1.165, 1.54) is 62.3 Å². The fourth-order valence-electron chi connectivity index (χ4n) is 10.1. The van der Waals surface area contributed by atoms with Gasteiger partial charge in [0.05, 0.1) is 28.1 Å².